The summed E-state index contributed by atoms with van der Waals surface area (Å²) in [6, 6.07) is 5.46. The van der Waals surface area contributed by atoms with Crippen molar-refractivity contribution >= 4 is 22.4 Å². The number of benzene rings is 1. The third-order valence-corrected chi connectivity index (χ3v) is 4.96. The van der Waals surface area contributed by atoms with E-state index in [1.165, 1.54) is 0 Å². The normalized spacial score (nSPS) is 16.9. The van der Waals surface area contributed by atoms with Gasteiger partial charge in [-0.1, -0.05) is 0 Å². The minimum atomic E-state index is -0.127. The first-order chi connectivity index (χ1) is 11.7. The molecule has 1 amide bonds. The third-order valence-electron chi connectivity index (χ3n) is 4.15. The van der Waals surface area contributed by atoms with Crippen LogP contribution in [-0.4, -0.2) is 44.2 Å². The topological polar surface area (TPSA) is 63.7 Å². The Hall–Kier alpha value is -2.28. The second kappa shape index (κ2) is 7.53. The van der Waals surface area contributed by atoms with Crippen LogP contribution in [0.5, 0.6) is 11.5 Å². The number of rotatable bonds is 6. The zero-order valence-corrected chi connectivity index (χ0v) is 14.6. The van der Waals surface area contributed by atoms with E-state index in [-0.39, 0.29) is 11.9 Å². The molecule has 1 aromatic carbocycles. The van der Waals surface area contributed by atoms with Gasteiger partial charge in [-0.15, -0.1) is 11.3 Å². The number of hydrogen-bond acceptors (Lipinski definition) is 6. The molecule has 1 aliphatic rings. The summed E-state index contributed by atoms with van der Waals surface area (Å²) in [6.45, 7) is 1.58. The van der Waals surface area contributed by atoms with Crippen molar-refractivity contribution in [2.24, 2.45) is 0 Å². The fraction of sp³-hybridized carbons (Fsp3) is 0.412. The molecular weight excluding hydrogens is 326 g/mol. The third kappa shape index (κ3) is 3.62. The van der Waals surface area contributed by atoms with Crippen molar-refractivity contribution in [3.05, 3.63) is 35.3 Å². The molecule has 128 valence electrons. The number of nitrogens with one attached hydrogen (secondary N) is 1. The monoisotopic (exact) mass is 347 g/mol. The first-order valence-corrected chi connectivity index (χ1v) is 8.76. The van der Waals surface area contributed by atoms with Crippen LogP contribution >= 0.6 is 11.3 Å². The molecule has 7 heteroatoms. The maximum Gasteiger partial charge on any atom is 0.251 e. The predicted octanol–water partition coefficient (Wildman–Crippen LogP) is 2.56. The molecule has 1 aromatic heterocycles. The zero-order valence-electron chi connectivity index (χ0n) is 13.8. The first-order valence-electron chi connectivity index (χ1n) is 7.88. The lowest BCUT2D eigenvalue weighted by Gasteiger charge is -2.24. The van der Waals surface area contributed by atoms with E-state index in [1.807, 2.05) is 11.6 Å². The van der Waals surface area contributed by atoms with Crippen molar-refractivity contribution in [2.45, 2.75) is 18.9 Å². The highest BCUT2D eigenvalue weighted by atomic mass is 32.1. The van der Waals surface area contributed by atoms with Crippen LogP contribution in [0.1, 0.15) is 23.2 Å². The first kappa shape index (κ1) is 16.6. The summed E-state index contributed by atoms with van der Waals surface area (Å²) in [6.07, 6.45) is 3.99. The Labute approximate surface area is 145 Å². The molecule has 1 saturated heterocycles. The van der Waals surface area contributed by atoms with Crippen LogP contribution in [0.3, 0.4) is 0 Å². The molecule has 2 heterocycles. The summed E-state index contributed by atoms with van der Waals surface area (Å²) in [5.41, 5.74) is 0.532. The number of nitrogens with zero attached hydrogens (tertiary/aromatic N) is 2. The molecule has 1 fully saturated rings. The maximum absolute atomic E-state index is 12.5. The number of amides is 1. The Bertz CT molecular complexity index is 668. The molecule has 0 aliphatic carbocycles. The van der Waals surface area contributed by atoms with E-state index in [4.69, 9.17) is 9.47 Å². The van der Waals surface area contributed by atoms with Gasteiger partial charge in [0.15, 0.2) is 5.13 Å². The molecule has 24 heavy (non-hydrogen) atoms. The molecule has 1 N–H and O–H groups in total. The van der Waals surface area contributed by atoms with Gasteiger partial charge < -0.3 is 19.7 Å². The maximum atomic E-state index is 12.5. The van der Waals surface area contributed by atoms with Crippen LogP contribution in [0.25, 0.3) is 0 Å². The number of carbonyl (C=O) groups excluding carboxylic acids is 1. The van der Waals surface area contributed by atoms with E-state index < -0.39 is 0 Å². The minimum absolute atomic E-state index is 0.127. The Morgan fingerprint density at radius 3 is 2.71 bits per heavy atom. The van der Waals surface area contributed by atoms with Gasteiger partial charge in [0, 0.05) is 42.3 Å². The van der Waals surface area contributed by atoms with Gasteiger partial charge in [0.25, 0.3) is 5.91 Å². The molecule has 6 nitrogen and oxygen atoms in total. The predicted molar refractivity (Wildman–Crippen MR) is 94.4 cm³/mol. The van der Waals surface area contributed by atoms with Crippen LogP contribution in [-0.2, 0) is 0 Å². The highest BCUT2D eigenvalue weighted by molar-refractivity contribution is 7.13. The minimum Gasteiger partial charge on any atom is -0.497 e. The average Bonchev–Trinajstić information content (AvgIpc) is 3.29. The van der Waals surface area contributed by atoms with Gasteiger partial charge in [-0.3, -0.25) is 4.79 Å². The van der Waals surface area contributed by atoms with Gasteiger partial charge in [-0.05, 0) is 25.0 Å². The van der Waals surface area contributed by atoms with Crippen molar-refractivity contribution in [3.8, 4) is 11.5 Å². The summed E-state index contributed by atoms with van der Waals surface area (Å²) in [5, 5.41) is 6.02. The van der Waals surface area contributed by atoms with Crippen molar-refractivity contribution in [2.75, 3.05) is 32.2 Å². The molecule has 2 aromatic rings. The van der Waals surface area contributed by atoms with E-state index in [0.717, 1.165) is 24.5 Å². The molecular formula is C17H21N3O3S. The van der Waals surface area contributed by atoms with Crippen molar-refractivity contribution < 1.29 is 14.3 Å². The second-order valence-corrected chi connectivity index (χ2v) is 6.49. The average molecular weight is 347 g/mol. The molecule has 0 bridgehead atoms. The van der Waals surface area contributed by atoms with Crippen molar-refractivity contribution in [3.63, 3.8) is 0 Å². The number of methoxy groups -OCH3 is 2. The molecule has 1 aliphatic heterocycles. The van der Waals surface area contributed by atoms with Gasteiger partial charge in [0.05, 0.1) is 14.2 Å². The van der Waals surface area contributed by atoms with E-state index in [2.05, 4.69) is 15.2 Å². The number of anilines is 1. The number of hydrogen-bond donors (Lipinski definition) is 1. The van der Waals surface area contributed by atoms with Gasteiger partial charge in [0.2, 0.25) is 0 Å². The van der Waals surface area contributed by atoms with Gasteiger partial charge >= 0.3 is 0 Å². The van der Waals surface area contributed by atoms with E-state index in [1.54, 1.807) is 43.8 Å². The number of ether oxygens (including phenoxy) is 2. The Kier molecular flexibility index (Phi) is 5.20. The Morgan fingerprint density at radius 2 is 2.08 bits per heavy atom. The highest BCUT2D eigenvalue weighted by Gasteiger charge is 2.26. The van der Waals surface area contributed by atoms with Crippen LogP contribution in [0.4, 0.5) is 5.13 Å². The zero-order chi connectivity index (χ0) is 16.9. The number of aromatic nitrogens is 1. The number of thiazole rings is 1. The Morgan fingerprint density at radius 1 is 1.33 bits per heavy atom. The lowest BCUT2D eigenvalue weighted by Crippen LogP contribution is -2.40. The fourth-order valence-electron chi connectivity index (χ4n) is 2.91. The molecule has 3 rings (SSSR count). The highest BCUT2D eigenvalue weighted by Crippen LogP contribution is 2.27. The largest absolute Gasteiger partial charge is 0.497 e. The molecule has 1 unspecified atom stereocenters. The quantitative estimate of drug-likeness (QED) is 0.870. The summed E-state index contributed by atoms with van der Waals surface area (Å²) in [4.78, 5) is 19.1. The molecule has 0 radical (unpaired) electrons. The Balaban J connectivity index is 1.65. The second-order valence-electron chi connectivity index (χ2n) is 5.62. The molecule has 0 spiro atoms. The SMILES string of the molecule is COc1cc(OC)cc(C(=O)NCC2CCCN2c2nccs2)c1. The summed E-state index contributed by atoms with van der Waals surface area (Å²) in [7, 11) is 3.14. The van der Waals surface area contributed by atoms with Gasteiger partial charge in [0.1, 0.15) is 11.5 Å². The summed E-state index contributed by atoms with van der Waals surface area (Å²) >= 11 is 1.63. The van der Waals surface area contributed by atoms with Gasteiger partial charge in [-0.2, -0.15) is 0 Å². The van der Waals surface area contributed by atoms with E-state index in [0.29, 0.717) is 23.6 Å². The lowest BCUT2D eigenvalue weighted by molar-refractivity contribution is 0.0950. The summed E-state index contributed by atoms with van der Waals surface area (Å²) in [5.74, 6) is 1.08. The smallest absolute Gasteiger partial charge is 0.251 e. The van der Waals surface area contributed by atoms with Crippen LogP contribution in [0.2, 0.25) is 0 Å². The van der Waals surface area contributed by atoms with Crippen molar-refractivity contribution in [1.82, 2.24) is 10.3 Å². The van der Waals surface area contributed by atoms with Crippen LogP contribution in [0.15, 0.2) is 29.8 Å². The van der Waals surface area contributed by atoms with E-state index >= 15 is 0 Å². The number of carbonyl (C=O) groups is 1. The van der Waals surface area contributed by atoms with Crippen LogP contribution < -0.4 is 19.7 Å². The fourth-order valence-corrected chi connectivity index (χ4v) is 3.65. The van der Waals surface area contributed by atoms with Crippen molar-refractivity contribution in [1.29, 1.82) is 0 Å². The lowest BCUT2D eigenvalue weighted by atomic mass is 10.1. The summed E-state index contributed by atoms with van der Waals surface area (Å²) < 4.78 is 10.4. The molecule has 1 atom stereocenters. The molecule has 0 saturated carbocycles. The standard InChI is InChI=1S/C17H21N3O3S/c1-22-14-8-12(9-15(10-14)23-2)16(21)19-11-13-4-3-6-20(13)17-18-5-7-24-17/h5,7-10,13H,3-4,6,11H2,1-2H3,(H,19,21). The van der Waals surface area contributed by atoms with E-state index in [9.17, 15) is 4.79 Å². The van der Waals surface area contributed by atoms with Crippen LogP contribution in [0, 0.1) is 0 Å². The van der Waals surface area contributed by atoms with Gasteiger partial charge in [-0.25, -0.2) is 4.98 Å².